The number of hydrogen-bond donors (Lipinski definition) is 2. The number of carbonyl (C=O) groups excluding carboxylic acids is 1. The Hall–Kier alpha value is -2.15. The lowest BCUT2D eigenvalue weighted by molar-refractivity contribution is -0.894. The highest BCUT2D eigenvalue weighted by molar-refractivity contribution is 5.91. The fourth-order valence-electron chi connectivity index (χ4n) is 4.95. The number of methoxy groups -OCH3 is 1. The maximum Gasteiger partial charge on any atom is 0.320 e. The average Bonchev–Trinajstić information content (AvgIpc) is 3.00. The minimum atomic E-state index is -1.21. The molecule has 3 atom stereocenters. The molecule has 0 radical (unpaired) electrons. The Labute approximate surface area is 152 Å². The zero-order valence-corrected chi connectivity index (χ0v) is 15.1. The molecule has 4 heterocycles. The number of H-pyrrole nitrogens is 1. The van der Waals surface area contributed by atoms with Crippen LogP contribution in [0.4, 0.5) is 0 Å². The van der Waals surface area contributed by atoms with Crippen molar-refractivity contribution in [3.63, 3.8) is 0 Å². The number of quaternary nitrogens is 1. The summed E-state index contributed by atoms with van der Waals surface area (Å²) in [6, 6.07) is 7.73. The van der Waals surface area contributed by atoms with Gasteiger partial charge in [-0.1, -0.05) is 24.3 Å². The number of carbonyl (C=O) groups is 1. The van der Waals surface area contributed by atoms with Crippen LogP contribution in [0.2, 0.25) is 0 Å². The van der Waals surface area contributed by atoms with E-state index in [2.05, 4.69) is 4.98 Å². The van der Waals surface area contributed by atoms with Crippen molar-refractivity contribution in [1.29, 1.82) is 0 Å². The predicted octanol–water partition coefficient (Wildman–Crippen LogP) is 2.37. The van der Waals surface area contributed by atoms with E-state index in [1.807, 2.05) is 37.3 Å². The number of hydrogen-bond acceptors (Lipinski definition) is 4. The normalized spacial score (nSPS) is 32.3. The van der Waals surface area contributed by atoms with Crippen molar-refractivity contribution < 1.29 is 19.3 Å². The van der Waals surface area contributed by atoms with E-state index in [9.17, 15) is 15.1 Å². The van der Waals surface area contributed by atoms with Gasteiger partial charge in [-0.3, -0.25) is 4.79 Å². The fourth-order valence-corrected chi connectivity index (χ4v) is 4.95. The van der Waals surface area contributed by atoms with Crippen molar-refractivity contribution in [2.75, 3.05) is 26.8 Å². The summed E-state index contributed by atoms with van der Waals surface area (Å²) in [7, 11) is 1.35. The molecule has 6 heteroatoms. The number of aliphatic hydroxyl groups excluding tert-OH is 1. The summed E-state index contributed by atoms with van der Waals surface area (Å²) in [5.74, 6) is -0.706. The summed E-state index contributed by atoms with van der Waals surface area (Å²) >= 11 is 0. The molecule has 2 bridgehead atoms. The number of aromatic amines is 1. The molecule has 2 aromatic rings. The molecule has 1 aromatic heterocycles. The second kappa shape index (κ2) is 5.94. The summed E-state index contributed by atoms with van der Waals surface area (Å²) in [5, 5.41) is 24.9. The van der Waals surface area contributed by atoms with Crippen LogP contribution in [0.1, 0.15) is 24.6 Å². The molecule has 2 N–H and O–H groups in total. The number of para-hydroxylation sites is 1. The van der Waals surface area contributed by atoms with Gasteiger partial charge in [-0.2, -0.15) is 0 Å². The number of esters is 1. The Morgan fingerprint density at radius 2 is 2.23 bits per heavy atom. The lowest BCUT2D eigenvalue weighted by Crippen LogP contribution is -2.59. The lowest BCUT2D eigenvalue weighted by Gasteiger charge is -2.53. The molecule has 5 rings (SSSR count). The summed E-state index contributed by atoms with van der Waals surface area (Å²) < 4.78 is 4.85. The van der Waals surface area contributed by atoms with Gasteiger partial charge in [0.15, 0.2) is 0 Å². The van der Waals surface area contributed by atoms with Crippen LogP contribution in [0, 0.1) is 11.1 Å². The topological polar surface area (TPSA) is 85.4 Å². The van der Waals surface area contributed by atoms with Crippen molar-refractivity contribution in [2.24, 2.45) is 5.92 Å². The number of benzene rings is 1. The number of fused-ring (bicyclic) bond motifs is 3. The summed E-state index contributed by atoms with van der Waals surface area (Å²) in [5.41, 5.74) is 2.05. The van der Waals surface area contributed by atoms with Gasteiger partial charge in [0.1, 0.15) is 18.5 Å². The van der Waals surface area contributed by atoms with Crippen molar-refractivity contribution in [3.8, 4) is 0 Å². The number of aromatic nitrogens is 1. The van der Waals surface area contributed by atoms with Crippen LogP contribution < -0.4 is 0 Å². The number of ether oxygens (including phenoxy) is 1. The molecule has 6 nitrogen and oxygen atoms in total. The minimum Gasteiger partial charge on any atom is -0.632 e. The Balaban J connectivity index is 2.09. The molecular weight excluding hydrogens is 332 g/mol. The van der Waals surface area contributed by atoms with Crippen LogP contribution in [-0.4, -0.2) is 47.5 Å². The second-order valence-corrected chi connectivity index (χ2v) is 7.45. The van der Waals surface area contributed by atoms with Gasteiger partial charge in [0.05, 0.1) is 20.3 Å². The van der Waals surface area contributed by atoms with Crippen LogP contribution in [0.3, 0.4) is 0 Å². The SMILES string of the molecule is CC=C1C[N+]2([O-])CC[C@@H]1[C@@](CO)(C(=O)OC)c1[nH]c3ccccc3c1C2. The molecular formula is C20H24N2O4. The zero-order chi connectivity index (χ0) is 18.5. The van der Waals surface area contributed by atoms with Gasteiger partial charge in [-0.25, -0.2) is 0 Å². The highest BCUT2D eigenvalue weighted by atomic mass is 16.5. The molecule has 1 unspecified atom stereocenters. The van der Waals surface area contributed by atoms with E-state index >= 15 is 0 Å². The molecule has 26 heavy (non-hydrogen) atoms. The standard InChI is InChI=1S/C20H24N2O4/c1-3-13-10-22(25)9-8-16(13)20(12-23,19(24)26-2)18-15(11-22)14-6-4-5-7-17(14)21-18/h3-7,16,21,23H,8-12H2,1-2H3/t16-,20+,22?/m0/s1. The first-order valence-electron chi connectivity index (χ1n) is 9.00. The second-order valence-electron chi connectivity index (χ2n) is 7.45. The van der Waals surface area contributed by atoms with Crippen molar-refractivity contribution in [1.82, 2.24) is 4.98 Å². The summed E-state index contributed by atoms with van der Waals surface area (Å²) in [4.78, 5) is 16.4. The monoisotopic (exact) mass is 356 g/mol. The van der Waals surface area contributed by atoms with Crippen LogP contribution in [-0.2, 0) is 21.5 Å². The molecule has 1 saturated heterocycles. The van der Waals surface area contributed by atoms with E-state index in [0.717, 1.165) is 22.0 Å². The molecule has 0 aliphatic carbocycles. The van der Waals surface area contributed by atoms with Crippen LogP contribution in [0.15, 0.2) is 35.9 Å². The Morgan fingerprint density at radius 3 is 2.92 bits per heavy atom. The third-order valence-electron chi connectivity index (χ3n) is 6.21. The van der Waals surface area contributed by atoms with E-state index in [1.165, 1.54) is 7.11 Å². The minimum absolute atomic E-state index is 0.253. The molecule has 0 saturated carbocycles. The number of rotatable bonds is 2. The van der Waals surface area contributed by atoms with E-state index in [4.69, 9.17) is 4.74 Å². The van der Waals surface area contributed by atoms with Gasteiger partial charge in [0.2, 0.25) is 0 Å². The van der Waals surface area contributed by atoms with E-state index < -0.39 is 11.4 Å². The Kier molecular flexibility index (Phi) is 3.95. The van der Waals surface area contributed by atoms with E-state index in [0.29, 0.717) is 25.2 Å². The number of allylic oxidation sites excluding steroid dienone is 1. The molecule has 0 amide bonds. The van der Waals surface area contributed by atoms with Crippen molar-refractivity contribution >= 4 is 16.9 Å². The maximum atomic E-state index is 13.4. The first-order valence-corrected chi connectivity index (χ1v) is 9.00. The van der Waals surface area contributed by atoms with Crippen molar-refractivity contribution in [3.05, 3.63) is 52.4 Å². The quantitative estimate of drug-likeness (QED) is 0.374. The molecule has 1 fully saturated rings. The fraction of sp³-hybridized carbons (Fsp3) is 0.450. The van der Waals surface area contributed by atoms with Gasteiger partial charge in [0.25, 0.3) is 0 Å². The van der Waals surface area contributed by atoms with Crippen molar-refractivity contribution in [2.45, 2.75) is 25.3 Å². The average molecular weight is 356 g/mol. The molecule has 1 aromatic carbocycles. The van der Waals surface area contributed by atoms with E-state index in [1.54, 1.807) is 0 Å². The Morgan fingerprint density at radius 1 is 1.46 bits per heavy atom. The third kappa shape index (κ3) is 2.19. The highest BCUT2D eigenvalue weighted by Gasteiger charge is 2.56. The summed E-state index contributed by atoms with van der Waals surface area (Å²) in [6.45, 7) is 2.59. The first kappa shape index (κ1) is 17.3. The van der Waals surface area contributed by atoms with Crippen LogP contribution in [0.5, 0.6) is 0 Å². The largest absolute Gasteiger partial charge is 0.632 e. The molecule has 3 aliphatic rings. The zero-order valence-electron chi connectivity index (χ0n) is 15.1. The first-order chi connectivity index (χ1) is 12.5. The Bertz CT molecular complexity index is 902. The third-order valence-corrected chi connectivity index (χ3v) is 6.21. The number of piperidine rings is 1. The smallest absolute Gasteiger partial charge is 0.320 e. The van der Waals surface area contributed by atoms with Crippen LogP contribution in [0.25, 0.3) is 10.9 Å². The van der Waals surface area contributed by atoms with E-state index in [-0.39, 0.29) is 23.7 Å². The number of aliphatic hydroxyl groups is 1. The van der Waals surface area contributed by atoms with Gasteiger partial charge in [0, 0.05) is 34.5 Å². The molecule has 138 valence electrons. The maximum absolute atomic E-state index is 13.4. The number of nitrogens with one attached hydrogen (secondary N) is 1. The van der Waals surface area contributed by atoms with Crippen LogP contribution >= 0.6 is 0 Å². The number of nitrogens with zero attached hydrogens (tertiary/aromatic N) is 1. The van der Waals surface area contributed by atoms with Gasteiger partial charge in [-0.05, 0) is 18.6 Å². The number of hydroxylamine groups is 3. The van der Waals surface area contributed by atoms with Gasteiger partial charge < -0.3 is 24.7 Å². The molecule has 0 spiro atoms. The summed E-state index contributed by atoms with van der Waals surface area (Å²) in [6.07, 6.45) is 2.48. The van der Waals surface area contributed by atoms with Gasteiger partial charge >= 0.3 is 5.97 Å². The van der Waals surface area contributed by atoms with Gasteiger partial charge in [-0.15, -0.1) is 0 Å². The lowest BCUT2D eigenvalue weighted by atomic mass is 9.64. The predicted molar refractivity (Wildman–Crippen MR) is 98.0 cm³/mol. The highest BCUT2D eigenvalue weighted by Crippen LogP contribution is 2.49. The molecule has 3 aliphatic heterocycles.